The Kier molecular flexibility index (Phi) is 9.23. The lowest BCUT2D eigenvalue weighted by molar-refractivity contribution is -0.123. The molecular formula is C31H36N4O5. The second-order valence-corrected chi connectivity index (χ2v) is 10.4. The van der Waals surface area contributed by atoms with Crippen LogP contribution in [0, 0.1) is 5.92 Å². The highest BCUT2D eigenvalue weighted by molar-refractivity contribution is 6.02. The average molecular weight is 545 g/mol. The van der Waals surface area contributed by atoms with Crippen molar-refractivity contribution in [3.05, 3.63) is 66.4 Å². The number of oxazole rings is 1. The molecule has 2 N–H and O–H groups in total. The molecular weight excluding hydrogens is 508 g/mol. The van der Waals surface area contributed by atoms with Crippen molar-refractivity contribution in [1.29, 1.82) is 0 Å². The number of Topliss-reactive ketones (excluding diaryl/α,β-unsaturated/α-hetero) is 1. The summed E-state index contributed by atoms with van der Waals surface area (Å²) in [5.41, 5.74) is 1.93. The molecule has 2 aliphatic rings. The zero-order valence-electron chi connectivity index (χ0n) is 22.6. The Hall–Kier alpha value is -3.98. The van der Waals surface area contributed by atoms with E-state index < -0.39 is 11.8 Å². The quantitative estimate of drug-likeness (QED) is 0.378. The number of ether oxygens (including phenoxy) is 1. The molecule has 3 aromatic rings. The van der Waals surface area contributed by atoms with Gasteiger partial charge in [-0.1, -0.05) is 80.6 Å². The highest BCUT2D eigenvalue weighted by Crippen LogP contribution is 2.30. The van der Waals surface area contributed by atoms with E-state index in [0.717, 1.165) is 36.8 Å². The summed E-state index contributed by atoms with van der Waals surface area (Å²) in [6, 6.07) is 17.7. The van der Waals surface area contributed by atoms with Crippen LogP contribution in [0.15, 0.2) is 65.1 Å². The summed E-state index contributed by atoms with van der Waals surface area (Å²) in [5, 5.41) is 5.70. The molecule has 210 valence electrons. The van der Waals surface area contributed by atoms with Crippen LogP contribution in [0.2, 0.25) is 0 Å². The summed E-state index contributed by atoms with van der Waals surface area (Å²) >= 11 is 0. The zero-order valence-corrected chi connectivity index (χ0v) is 22.6. The SMILES string of the molecule is O=C(CNC(=O)[C@H](CC1CCCCC1)NC(=O)N1CCOCC1)c1oc(-c2ccccc2)nc1-c1ccccc1. The number of urea groups is 1. The molecule has 2 heterocycles. The number of benzene rings is 2. The molecule has 0 spiro atoms. The number of carbonyl (C=O) groups excluding carboxylic acids is 3. The minimum absolute atomic E-state index is 0.0894. The molecule has 9 nitrogen and oxygen atoms in total. The largest absolute Gasteiger partial charge is 0.432 e. The molecule has 1 aromatic heterocycles. The highest BCUT2D eigenvalue weighted by atomic mass is 16.5. The van der Waals surface area contributed by atoms with E-state index >= 15 is 0 Å². The van der Waals surface area contributed by atoms with Crippen molar-refractivity contribution in [1.82, 2.24) is 20.5 Å². The van der Waals surface area contributed by atoms with E-state index in [1.807, 2.05) is 60.7 Å². The van der Waals surface area contributed by atoms with Crippen molar-refractivity contribution in [3.8, 4) is 22.7 Å². The second kappa shape index (κ2) is 13.4. The van der Waals surface area contributed by atoms with Gasteiger partial charge in [-0.3, -0.25) is 9.59 Å². The molecule has 2 fully saturated rings. The van der Waals surface area contributed by atoms with Crippen LogP contribution in [0.1, 0.15) is 49.1 Å². The van der Waals surface area contributed by atoms with Gasteiger partial charge < -0.3 is 24.7 Å². The first-order valence-corrected chi connectivity index (χ1v) is 14.1. The van der Waals surface area contributed by atoms with Gasteiger partial charge in [0.05, 0.1) is 19.8 Å². The first-order chi connectivity index (χ1) is 19.6. The van der Waals surface area contributed by atoms with Gasteiger partial charge in [-0.05, 0) is 24.5 Å². The molecule has 1 aliphatic heterocycles. The molecule has 3 amide bonds. The van der Waals surface area contributed by atoms with E-state index in [1.54, 1.807) is 4.90 Å². The van der Waals surface area contributed by atoms with Gasteiger partial charge in [-0.15, -0.1) is 0 Å². The Balaban J connectivity index is 1.30. The Labute approximate surface area is 234 Å². The van der Waals surface area contributed by atoms with Gasteiger partial charge in [0.15, 0.2) is 0 Å². The molecule has 1 atom stereocenters. The monoisotopic (exact) mass is 544 g/mol. The van der Waals surface area contributed by atoms with E-state index in [1.165, 1.54) is 6.42 Å². The minimum atomic E-state index is -0.727. The fourth-order valence-electron chi connectivity index (χ4n) is 5.37. The third kappa shape index (κ3) is 6.96. The van der Waals surface area contributed by atoms with Crippen molar-refractivity contribution in [2.45, 2.75) is 44.6 Å². The van der Waals surface area contributed by atoms with Crippen LogP contribution in [0.5, 0.6) is 0 Å². The molecule has 40 heavy (non-hydrogen) atoms. The number of hydrogen-bond donors (Lipinski definition) is 2. The summed E-state index contributed by atoms with van der Waals surface area (Å²) < 4.78 is 11.3. The van der Waals surface area contributed by atoms with Crippen molar-refractivity contribution in [2.24, 2.45) is 5.92 Å². The maximum atomic E-state index is 13.4. The smallest absolute Gasteiger partial charge is 0.318 e. The lowest BCUT2D eigenvalue weighted by atomic mass is 9.84. The summed E-state index contributed by atoms with van der Waals surface area (Å²) in [7, 11) is 0. The normalized spacial score (nSPS) is 16.8. The average Bonchev–Trinajstić information content (AvgIpc) is 3.47. The van der Waals surface area contributed by atoms with Gasteiger partial charge in [0.25, 0.3) is 0 Å². The molecule has 1 saturated heterocycles. The van der Waals surface area contributed by atoms with Gasteiger partial charge in [-0.2, -0.15) is 0 Å². The first-order valence-electron chi connectivity index (χ1n) is 14.1. The molecule has 1 saturated carbocycles. The molecule has 9 heteroatoms. The van der Waals surface area contributed by atoms with Crippen LogP contribution >= 0.6 is 0 Å². The summed E-state index contributed by atoms with van der Waals surface area (Å²) in [5.74, 6) is 0.0218. The lowest BCUT2D eigenvalue weighted by Crippen LogP contribution is -2.54. The number of ketones is 1. The number of nitrogens with one attached hydrogen (secondary N) is 2. The van der Waals surface area contributed by atoms with Crippen molar-refractivity contribution >= 4 is 17.7 Å². The standard InChI is InChI=1S/C31H36N4O5/c36-26(28-27(23-12-6-2-7-13-23)34-30(40-28)24-14-8-3-9-15-24)21-32-29(37)25(20-22-10-4-1-5-11-22)33-31(38)35-16-18-39-19-17-35/h2-3,6-9,12-15,22,25H,1,4-5,10-11,16-21H2,(H,32,37)(H,33,38)/t25-/m0/s1. The van der Waals surface area contributed by atoms with Crippen LogP contribution in [-0.4, -0.2) is 66.5 Å². The second-order valence-electron chi connectivity index (χ2n) is 10.4. The zero-order chi connectivity index (χ0) is 27.7. The molecule has 2 aromatic carbocycles. The molecule has 0 radical (unpaired) electrons. The fraction of sp³-hybridized carbons (Fsp3) is 0.419. The Bertz CT molecular complexity index is 1280. The number of aromatic nitrogens is 1. The van der Waals surface area contributed by atoms with E-state index in [-0.39, 0.29) is 24.2 Å². The number of rotatable bonds is 9. The minimum Gasteiger partial charge on any atom is -0.432 e. The molecule has 0 bridgehead atoms. The van der Waals surface area contributed by atoms with Crippen LogP contribution in [0.4, 0.5) is 4.79 Å². The predicted octanol–water partition coefficient (Wildman–Crippen LogP) is 4.69. The maximum Gasteiger partial charge on any atom is 0.318 e. The van der Waals surface area contributed by atoms with E-state index in [2.05, 4.69) is 15.6 Å². The number of morpholine rings is 1. The van der Waals surface area contributed by atoms with E-state index in [4.69, 9.17) is 9.15 Å². The van der Waals surface area contributed by atoms with Gasteiger partial charge in [-0.25, -0.2) is 9.78 Å². The summed E-state index contributed by atoms with van der Waals surface area (Å²) in [6.07, 6.45) is 6.09. The fourth-order valence-corrected chi connectivity index (χ4v) is 5.37. The number of nitrogens with zero attached hydrogens (tertiary/aromatic N) is 2. The maximum absolute atomic E-state index is 13.4. The number of hydrogen-bond acceptors (Lipinski definition) is 6. The molecule has 1 aliphatic carbocycles. The summed E-state index contributed by atoms with van der Waals surface area (Å²) in [6.45, 7) is 1.66. The first kappa shape index (κ1) is 27.6. The van der Waals surface area contributed by atoms with E-state index in [0.29, 0.717) is 50.2 Å². The Morgan fingerprint density at radius 3 is 2.23 bits per heavy atom. The third-order valence-corrected chi connectivity index (χ3v) is 7.58. The van der Waals surface area contributed by atoms with Crippen LogP contribution in [0.3, 0.4) is 0 Å². The Morgan fingerprint density at radius 2 is 1.55 bits per heavy atom. The third-order valence-electron chi connectivity index (χ3n) is 7.58. The van der Waals surface area contributed by atoms with Gasteiger partial charge in [0.1, 0.15) is 11.7 Å². The van der Waals surface area contributed by atoms with Gasteiger partial charge in [0.2, 0.25) is 23.3 Å². The van der Waals surface area contributed by atoms with Crippen molar-refractivity contribution in [2.75, 3.05) is 32.8 Å². The van der Waals surface area contributed by atoms with Gasteiger partial charge in [0, 0.05) is 24.2 Å². The number of amides is 3. The van der Waals surface area contributed by atoms with Crippen molar-refractivity contribution in [3.63, 3.8) is 0 Å². The van der Waals surface area contributed by atoms with Crippen LogP contribution in [-0.2, 0) is 9.53 Å². The van der Waals surface area contributed by atoms with Crippen LogP contribution in [0.25, 0.3) is 22.7 Å². The lowest BCUT2D eigenvalue weighted by Gasteiger charge is -2.31. The Morgan fingerprint density at radius 1 is 0.900 bits per heavy atom. The predicted molar refractivity (Wildman–Crippen MR) is 151 cm³/mol. The van der Waals surface area contributed by atoms with Crippen LogP contribution < -0.4 is 10.6 Å². The van der Waals surface area contributed by atoms with Crippen molar-refractivity contribution < 1.29 is 23.5 Å². The molecule has 0 unspecified atom stereocenters. The highest BCUT2D eigenvalue weighted by Gasteiger charge is 2.29. The summed E-state index contributed by atoms with van der Waals surface area (Å²) in [4.78, 5) is 46.0. The number of carbonyl (C=O) groups is 3. The van der Waals surface area contributed by atoms with E-state index in [9.17, 15) is 14.4 Å². The molecule has 5 rings (SSSR count). The topological polar surface area (TPSA) is 114 Å². The van der Waals surface area contributed by atoms with Gasteiger partial charge >= 0.3 is 6.03 Å².